The molecule has 0 aromatic carbocycles. The number of carbonyl (C=O) groups excluding carboxylic acids is 3. The number of anilines is 4. The van der Waals surface area contributed by atoms with E-state index in [-0.39, 0.29) is 24.1 Å². The Hall–Kier alpha value is -4.63. The number of aromatic nitrogens is 6. The Morgan fingerprint density at radius 1 is 0.867 bits per heavy atom. The minimum atomic E-state index is -0.196. The third-order valence-corrected chi connectivity index (χ3v) is 7.84. The monoisotopic (exact) mass is 650 g/mol. The fourth-order valence-corrected chi connectivity index (χ4v) is 5.56. The molecule has 0 bridgehead atoms. The highest BCUT2D eigenvalue weighted by atomic mass is 32.1. The maximum atomic E-state index is 12.2. The number of nitrogens with one attached hydrogen (secondary N) is 4. The van der Waals surface area contributed by atoms with Crippen molar-refractivity contribution in [3.8, 4) is 0 Å². The fourth-order valence-electron chi connectivity index (χ4n) is 4.23. The topological polar surface area (TPSA) is 177 Å². The Labute approximate surface area is 270 Å². The summed E-state index contributed by atoms with van der Waals surface area (Å²) >= 11 is 2.95. The molecule has 5 rings (SSSR count). The quantitative estimate of drug-likeness (QED) is 0.170. The van der Waals surface area contributed by atoms with Crippen LogP contribution in [0.3, 0.4) is 0 Å². The van der Waals surface area contributed by atoms with Crippen LogP contribution in [0.15, 0.2) is 54.6 Å². The van der Waals surface area contributed by atoms with Crippen molar-refractivity contribution < 1.29 is 14.4 Å². The van der Waals surface area contributed by atoms with Gasteiger partial charge in [-0.3, -0.25) is 14.4 Å². The molecule has 13 nitrogen and oxygen atoms in total. The molecule has 238 valence electrons. The maximum absolute atomic E-state index is 12.2. The summed E-state index contributed by atoms with van der Waals surface area (Å²) in [4.78, 5) is 42.4. The molecular formula is C30H38N10O3S2. The van der Waals surface area contributed by atoms with Crippen LogP contribution in [-0.2, 0) is 27.2 Å². The van der Waals surface area contributed by atoms with Gasteiger partial charge >= 0.3 is 0 Å². The number of nitrogens with zero attached hydrogens (tertiary/aromatic N) is 6. The van der Waals surface area contributed by atoms with Crippen molar-refractivity contribution in [1.82, 2.24) is 30.4 Å². The lowest BCUT2D eigenvalue weighted by Gasteiger charge is -2.18. The Morgan fingerprint density at radius 3 is 2.07 bits per heavy atom. The van der Waals surface area contributed by atoms with Crippen molar-refractivity contribution in [2.75, 3.05) is 28.3 Å². The van der Waals surface area contributed by atoms with Gasteiger partial charge in [-0.25, -0.2) is 9.97 Å². The molecule has 4 aromatic rings. The van der Waals surface area contributed by atoms with E-state index in [1.54, 1.807) is 35.9 Å². The van der Waals surface area contributed by atoms with Gasteiger partial charge in [0.25, 0.3) is 0 Å². The number of carbonyl (C=O) groups is 3. The smallest absolute Gasteiger partial charge is 0.232 e. The second-order valence-corrected chi connectivity index (χ2v) is 11.7. The number of pyridine rings is 2. The zero-order valence-electron chi connectivity index (χ0n) is 25.6. The minimum Gasteiger partial charge on any atom is -0.363 e. The van der Waals surface area contributed by atoms with Crippen molar-refractivity contribution >= 4 is 62.3 Å². The van der Waals surface area contributed by atoms with Crippen LogP contribution in [0, 0.1) is 0 Å². The molecule has 1 aliphatic carbocycles. The van der Waals surface area contributed by atoms with Crippen LogP contribution < -0.4 is 21.3 Å². The summed E-state index contributed by atoms with van der Waals surface area (Å²) in [7, 11) is 1.82. The van der Waals surface area contributed by atoms with Crippen molar-refractivity contribution in [2.45, 2.75) is 64.7 Å². The zero-order valence-corrected chi connectivity index (χ0v) is 27.2. The normalized spacial score (nSPS) is 12.3. The summed E-state index contributed by atoms with van der Waals surface area (Å²) in [5.74, 6) is 1.01. The Balaban J connectivity index is 0.000000228. The van der Waals surface area contributed by atoms with E-state index < -0.39 is 0 Å². The van der Waals surface area contributed by atoms with Gasteiger partial charge in [-0.05, 0) is 37.1 Å². The van der Waals surface area contributed by atoms with Crippen molar-refractivity contribution in [3.05, 3.63) is 71.0 Å². The number of hydrogen-bond donors (Lipinski definition) is 4. The Kier molecular flexibility index (Phi) is 14.6. The van der Waals surface area contributed by atoms with Gasteiger partial charge in [-0.15, -0.1) is 27.0 Å². The van der Waals surface area contributed by atoms with Gasteiger partial charge < -0.3 is 21.3 Å². The third kappa shape index (κ3) is 13.3. The molecule has 4 aromatic heterocycles. The van der Waals surface area contributed by atoms with Crippen LogP contribution in [0.25, 0.3) is 0 Å². The highest BCUT2D eigenvalue weighted by Gasteiger charge is 2.20. The summed E-state index contributed by atoms with van der Waals surface area (Å²) in [6, 6.07) is 10.7. The second-order valence-electron chi connectivity index (χ2n) is 9.88. The third-order valence-electron chi connectivity index (χ3n) is 6.13. The minimum absolute atomic E-state index is 0.108. The summed E-state index contributed by atoms with van der Waals surface area (Å²) < 4.78 is 0. The van der Waals surface area contributed by atoms with Gasteiger partial charge in [-0.2, -0.15) is 0 Å². The average molecular weight is 651 g/mol. The lowest BCUT2D eigenvalue weighted by molar-refractivity contribution is -0.116. The molecule has 1 aliphatic rings. The number of hydrogen-bond acceptors (Lipinski definition) is 12. The largest absolute Gasteiger partial charge is 0.363 e. The highest BCUT2D eigenvalue weighted by molar-refractivity contribution is 7.15. The summed E-state index contributed by atoms with van der Waals surface area (Å²) in [6.07, 6.45) is 8.69. The van der Waals surface area contributed by atoms with Crippen LogP contribution in [-0.4, -0.2) is 55.1 Å². The van der Waals surface area contributed by atoms with E-state index in [0.717, 1.165) is 28.7 Å². The van der Waals surface area contributed by atoms with Crippen LogP contribution in [0.5, 0.6) is 0 Å². The molecule has 0 radical (unpaired) electrons. The first kappa shape index (κ1) is 34.9. The van der Waals surface area contributed by atoms with E-state index in [4.69, 9.17) is 0 Å². The molecule has 4 N–H and O–H groups in total. The molecule has 45 heavy (non-hydrogen) atoms. The summed E-state index contributed by atoms with van der Waals surface area (Å²) in [6.45, 7) is 6.50. The first-order valence-corrected chi connectivity index (χ1v) is 16.1. The molecule has 1 fully saturated rings. The number of allylic oxidation sites excluding steroid dienone is 1. The van der Waals surface area contributed by atoms with Gasteiger partial charge in [-0.1, -0.05) is 60.1 Å². The Morgan fingerprint density at radius 2 is 1.51 bits per heavy atom. The van der Waals surface area contributed by atoms with Crippen LogP contribution in [0.2, 0.25) is 0 Å². The average Bonchev–Trinajstić information content (AvgIpc) is 3.71. The lowest BCUT2D eigenvalue weighted by Crippen LogP contribution is -2.16. The van der Waals surface area contributed by atoms with Crippen LogP contribution in [0.1, 0.15) is 68.3 Å². The van der Waals surface area contributed by atoms with Crippen molar-refractivity contribution in [3.63, 3.8) is 0 Å². The predicted molar refractivity (Wildman–Crippen MR) is 179 cm³/mol. The molecule has 0 unspecified atom stereocenters. The highest BCUT2D eigenvalue weighted by Crippen LogP contribution is 2.35. The second kappa shape index (κ2) is 18.9. The Bertz CT molecular complexity index is 1520. The molecule has 1 saturated carbocycles. The fraction of sp³-hybridized carbons (Fsp3) is 0.367. The standard InChI is InChI=1S/C17H21N5O2S.C10H12N2O.C3H5N3S/c1-11(23)18-14-9-5-8-13(19-14)10-15(24)20-17-22-21-16(25-17)12-6-3-2-4-7-12;1-3-5-9-6-4-7-10(12-9)11-8(2)13;1-4-3-6-5-2-7-3/h5,8-9,12H,2-4,6-7,10H2,1H3,(H,18,19,23)(H,20,22,24);3-4,6-7H,1,5H2,2H3,(H,11,12,13);2H,1H3,(H,4,6). The molecule has 15 heteroatoms. The molecule has 0 atom stereocenters. The van der Waals surface area contributed by atoms with Crippen molar-refractivity contribution in [2.24, 2.45) is 0 Å². The lowest BCUT2D eigenvalue weighted by atomic mass is 9.90. The SMILES string of the molecule is C=CCc1cccc(NC(C)=O)n1.CC(=O)Nc1cccc(CC(=O)Nc2nnc(C3CCCCC3)s2)n1.CNc1nncs1. The number of amides is 3. The van der Waals surface area contributed by atoms with E-state index in [1.165, 1.54) is 55.8 Å². The van der Waals surface area contributed by atoms with Crippen molar-refractivity contribution in [1.29, 1.82) is 0 Å². The van der Waals surface area contributed by atoms with Gasteiger partial charge in [0, 0.05) is 38.9 Å². The van der Waals surface area contributed by atoms with E-state index in [1.807, 2.05) is 19.2 Å². The molecular weight excluding hydrogens is 613 g/mol. The van der Waals surface area contributed by atoms with E-state index in [2.05, 4.69) is 58.2 Å². The number of rotatable bonds is 9. The molecule has 0 aliphatic heterocycles. The van der Waals surface area contributed by atoms with Gasteiger partial charge in [0.05, 0.1) is 12.1 Å². The first-order chi connectivity index (χ1) is 21.7. The van der Waals surface area contributed by atoms with E-state index >= 15 is 0 Å². The molecule has 4 heterocycles. The zero-order chi connectivity index (χ0) is 32.4. The summed E-state index contributed by atoms with van der Waals surface area (Å²) in [5.41, 5.74) is 3.17. The molecule has 0 saturated heterocycles. The van der Waals surface area contributed by atoms with Gasteiger partial charge in [0.15, 0.2) is 0 Å². The molecule has 3 amide bonds. The predicted octanol–water partition coefficient (Wildman–Crippen LogP) is 5.47. The molecule has 0 spiro atoms. The van der Waals surface area contributed by atoms with Gasteiger partial charge in [0.1, 0.15) is 22.2 Å². The van der Waals surface area contributed by atoms with E-state index in [9.17, 15) is 14.4 Å². The van der Waals surface area contributed by atoms with Crippen LogP contribution >= 0.6 is 22.7 Å². The maximum Gasteiger partial charge on any atom is 0.232 e. The summed E-state index contributed by atoms with van der Waals surface area (Å²) in [5, 5.41) is 28.9. The van der Waals surface area contributed by atoms with Crippen LogP contribution in [0.4, 0.5) is 21.9 Å². The first-order valence-electron chi connectivity index (χ1n) is 14.4. The van der Waals surface area contributed by atoms with E-state index in [0.29, 0.717) is 34.8 Å². The van der Waals surface area contributed by atoms with Gasteiger partial charge in [0.2, 0.25) is 28.0 Å².